The van der Waals surface area contributed by atoms with Crippen LogP contribution in [0.3, 0.4) is 0 Å². The van der Waals surface area contributed by atoms with Crippen molar-refractivity contribution in [2.75, 3.05) is 12.8 Å². The van der Waals surface area contributed by atoms with Crippen molar-refractivity contribution >= 4 is 24.2 Å². The lowest BCUT2D eigenvalue weighted by molar-refractivity contribution is 0.583. The second-order valence-electron chi connectivity index (χ2n) is 4.63. The number of thioether (sulfide) groups is 1. The van der Waals surface area contributed by atoms with Crippen molar-refractivity contribution < 1.29 is 0 Å². The van der Waals surface area contributed by atoms with Gasteiger partial charge in [0.05, 0.1) is 0 Å². The van der Waals surface area contributed by atoms with Crippen LogP contribution in [0.1, 0.15) is 22.6 Å². The SMILES string of the molecule is CSc1cccc2c1C(c1ccccc1)CNC2.Cl. The molecule has 3 heteroatoms. The van der Waals surface area contributed by atoms with Gasteiger partial charge in [0.15, 0.2) is 0 Å². The zero-order chi connectivity index (χ0) is 12.4. The van der Waals surface area contributed by atoms with E-state index in [1.165, 1.54) is 21.6 Å². The Bertz CT molecular complexity index is 527. The van der Waals surface area contributed by atoms with Crippen LogP contribution >= 0.6 is 24.2 Å². The van der Waals surface area contributed by atoms with E-state index in [4.69, 9.17) is 0 Å². The number of hydrogen-bond acceptors (Lipinski definition) is 2. The Balaban J connectivity index is 0.00000133. The summed E-state index contributed by atoms with van der Waals surface area (Å²) >= 11 is 1.85. The van der Waals surface area contributed by atoms with E-state index >= 15 is 0 Å². The predicted octanol–water partition coefficient (Wildman–Crippen LogP) is 4.07. The maximum atomic E-state index is 3.53. The Kier molecular flexibility index (Phi) is 4.92. The summed E-state index contributed by atoms with van der Waals surface area (Å²) in [5.41, 5.74) is 4.38. The van der Waals surface area contributed by atoms with Gasteiger partial charge in [0.25, 0.3) is 0 Å². The fourth-order valence-electron chi connectivity index (χ4n) is 2.74. The van der Waals surface area contributed by atoms with Gasteiger partial charge in [0.2, 0.25) is 0 Å². The molecule has 2 aromatic carbocycles. The molecule has 100 valence electrons. The van der Waals surface area contributed by atoms with Crippen LogP contribution in [0.4, 0.5) is 0 Å². The largest absolute Gasteiger partial charge is 0.312 e. The molecule has 0 fully saturated rings. The first-order valence-corrected chi connectivity index (χ1v) is 7.54. The van der Waals surface area contributed by atoms with E-state index in [0.717, 1.165) is 13.1 Å². The van der Waals surface area contributed by atoms with Crippen LogP contribution in [0.15, 0.2) is 53.4 Å². The average Bonchev–Trinajstić information content (AvgIpc) is 2.47. The van der Waals surface area contributed by atoms with Gasteiger partial charge in [-0.25, -0.2) is 0 Å². The van der Waals surface area contributed by atoms with E-state index in [2.05, 4.69) is 60.1 Å². The van der Waals surface area contributed by atoms with Gasteiger partial charge >= 0.3 is 0 Å². The highest BCUT2D eigenvalue weighted by atomic mass is 35.5. The monoisotopic (exact) mass is 291 g/mol. The van der Waals surface area contributed by atoms with Gasteiger partial charge in [-0.05, 0) is 29.0 Å². The van der Waals surface area contributed by atoms with Crippen molar-refractivity contribution in [2.24, 2.45) is 0 Å². The summed E-state index contributed by atoms with van der Waals surface area (Å²) in [6.07, 6.45) is 2.17. The van der Waals surface area contributed by atoms with Crippen molar-refractivity contribution in [3.63, 3.8) is 0 Å². The highest BCUT2D eigenvalue weighted by Gasteiger charge is 2.23. The second kappa shape index (κ2) is 6.47. The van der Waals surface area contributed by atoms with Gasteiger partial charge < -0.3 is 5.32 Å². The lowest BCUT2D eigenvalue weighted by Gasteiger charge is -2.28. The van der Waals surface area contributed by atoms with Crippen LogP contribution in [-0.2, 0) is 6.54 Å². The number of hydrogen-bond donors (Lipinski definition) is 1. The first-order valence-electron chi connectivity index (χ1n) is 6.31. The lowest BCUT2D eigenvalue weighted by atomic mass is 9.85. The number of rotatable bonds is 2. The molecule has 1 atom stereocenters. The molecule has 1 nitrogen and oxygen atoms in total. The van der Waals surface area contributed by atoms with Crippen LogP contribution < -0.4 is 5.32 Å². The quantitative estimate of drug-likeness (QED) is 0.837. The summed E-state index contributed by atoms with van der Waals surface area (Å²) < 4.78 is 0. The third-order valence-electron chi connectivity index (χ3n) is 3.59. The fraction of sp³-hybridized carbons (Fsp3) is 0.250. The molecular weight excluding hydrogens is 274 g/mol. The number of nitrogens with one attached hydrogen (secondary N) is 1. The number of halogens is 1. The van der Waals surface area contributed by atoms with Gasteiger partial charge in [-0.15, -0.1) is 24.2 Å². The molecular formula is C16H18ClNS. The van der Waals surface area contributed by atoms with E-state index in [9.17, 15) is 0 Å². The lowest BCUT2D eigenvalue weighted by Crippen LogP contribution is -2.29. The average molecular weight is 292 g/mol. The van der Waals surface area contributed by atoms with Crippen molar-refractivity contribution in [3.05, 3.63) is 65.2 Å². The minimum atomic E-state index is 0. The molecule has 1 N–H and O–H groups in total. The summed E-state index contributed by atoms with van der Waals surface area (Å²) in [5.74, 6) is 0.485. The minimum Gasteiger partial charge on any atom is -0.312 e. The molecule has 3 rings (SSSR count). The molecule has 0 spiro atoms. The first kappa shape index (κ1) is 14.4. The summed E-state index contributed by atoms with van der Waals surface area (Å²) in [4.78, 5) is 1.42. The summed E-state index contributed by atoms with van der Waals surface area (Å²) in [7, 11) is 0. The molecule has 1 aliphatic heterocycles. The van der Waals surface area contributed by atoms with Crippen LogP contribution in [-0.4, -0.2) is 12.8 Å². The van der Waals surface area contributed by atoms with Crippen molar-refractivity contribution in [1.82, 2.24) is 5.32 Å². The summed E-state index contributed by atoms with van der Waals surface area (Å²) in [6, 6.07) is 17.5. The van der Waals surface area contributed by atoms with Gasteiger partial charge in [-0.1, -0.05) is 42.5 Å². The zero-order valence-corrected chi connectivity index (χ0v) is 12.6. The Morgan fingerprint density at radius 3 is 2.58 bits per heavy atom. The molecule has 1 unspecified atom stereocenters. The standard InChI is InChI=1S/C16H17NS.ClH/c1-18-15-9-5-8-13-10-17-11-14(16(13)15)12-6-3-2-4-7-12;/h2-9,14,17H,10-11H2,1H3;1H. The Morgan fingerprint density at radius 2 is 1.84 bits per heavy atom. The highest BCUT2D eigenvalue weighted by molar-refractivity contribution is 7.98. The van der Waals surface area contributed by atoms with Crippen molar-refractivity contribution in [3.8, 4) is 0 Å². The predicted molar refractivity (Wildman–Crippen MR) is 85.5 cm³/mol. The Labute approximate surface area is 125 Å². The van der Waals surface area contributed by atoms with Gasteiger partial charge in [-0.3, -0.25) is 0 Å². The van der Waals surface area contributed by atoms with Gasteiger partial charge in [-0.2, -0.15) is 0 Å². The summed E-state index contributed by atoms with van der Waals surface area (Å²) in [5, 5.41) is 3.53. The van der Waals surface area contributed by atoms with E-state index < -0.39 is 0 Å². The molecule has 0 radical (unpaired) electrons. The first-order chi connectivity index (χ1) is 8.90. The number of fused-ring (bicyclic) bond motifs is 1. The normalized spacial score (nSPS) is 17.4. The molecule has 0 saturated carbocycles. The molecule has 1 heterocycles. The smallest absolute Gasteiger partial charge is 0.0229 e. The van der Waals surface area contributed by atoms with E-state index in [1.807, 2.05) is 11.8 Å². The third-order valence-corrected chi connectivity index (χ3v) is 4.39. The molecule has 1 aliphatic rings. The van der Waals surface area contributed by atoms with E-state index in [1.54, 1.807) is 0 Å². The second-order valence-corrected chi connectivity index (χ2v) is 5.48. The van der Waals surface area contributed by atoms with Crippen LogP contribution in [0.5, 0.6) is 0 Å². The molecule has 19 heavy (non-hydrogen) atoms. The minimum absolute atomic E-state index is 0. The third kappa shape index (κ3) is 2.81. The molecule has 0 bridgehead atoms. The molecule has 0 amide bonds. The molecule has 0 aromatic heterocycles. The summed E-state index contributed by atoms with van der Waals surface area (Å²) in [6.45, 7) is 2.03. The molecule has 2 aromatic rings. The van der Waals surface area contributed by atoms with E-state index in [0.29, 0.717) is 5.92 Å². The van der Waals surface area contributed by atoms with Crippen molar-refractivity contribution in [2.45, 2.75) is 17.4 Å². The molecule has 0 saturated heterocycles. The number of benzene rings is 2. The van der Waals surface area contributed by atoms with Crippen molar-refractivity contribution in [1.29, 1.82) is 0 Å². The topological polar surface area (TPSA) is 12.0 Å². The zero-order valence-electron chi connectivity index (χ0n) is 10.9. The van der Waals surface area contributed by atoms with Gasteiger partial charge in [0.1, 0.15) is 0 Å². The fourth-order valence-corrected chi connectivity index (χ4v) is 3.45. The van der Waals surface area contributed by atoms with Crippen LogP contribution in [0.2, 0.25) is 0 Å². The maximum absolute atomic E-state index is 3.53. The van der Waals surface area contributed by atoms with Gasteiger partial charge in [0, 0.05) is 23.9 Å². The Morgan fingerprint density at radius 1 is 1.05 bits per heavy atom. The molecule has 0 aliphatic carbocycles. The van der Waals surface area contributed by atoms with Crippen LogP contribution in [0.25, 0.3) is 0 Å². The Hall–Kier alpha value is -0.960. The van der Waals surface area contributed by atoms with Crippen LogP contribution in [0, 0.1) is 0 Å². The van der Waals surface area contributed by atoms with E-state index in [-0.39, 0.29) is 12.4 Å². The maximum Gasteiger partial charge on any atom is 0.0229 e. The highest BCUT2D eigenvalue weighted by Crippen LogP contribution is 2.36.